The van der Waals surface area contributed by atoms with Crippen LogP contribution >= 0.6 is 0 Å². The number of ether oxygens (including phenoxy) is 1. The predicted octanol–water partition coefficient (Wildman–Crippen LogP) is 2.09. The molecule has 0 aliphatic carbocycles. The van der Waals surface area contributed by atoms with E-state index < -0.39 is 23.0 Å². The molecule has 0 saturated carbocycles. The lowest BCUT2D eigenvalue weighted by atomic mass is 10.3. The largest absolute Gasteiger partial charge is 0.468 e. The maximum atomic E-state index is 12.1. The lowest BCUT2D eigenvalue weighted by Crippen LogP contribution is -2.38. The molecule has 1 N–H and O–H groups in total. The molecule has 0 fully saturated rings. The van der Waals surface area contributed by atoms with Crippen LogP contribution in [0.25, 0.3) is 0 Å². The number of hydrogen-bond acceptors (Lipinski definition) is 4. The third kappa shape index (κ3) is 7.62. The SMILES string of the molecule is CCCCN(C)S(=O)(=O)NCc1ccnc(OCC(F)(F)F)c1. The van der Waals surface area contributed by atoms with E-state index in [9.17, 15) is 21.6 Å². The van der Waals surface area contributed by atoms with Gasteiger partial charge in [-0.3, -0.25) is 0 Å². The van der Waals surface area contributed by atoms with Crippen LogP contribution in [-0.2, 0) is 16.8 Å². The van der Waals surface area contributed by atoms with Gasteiger partial charge in [-0.15, -0.1) is 0 Å². The highest BCUT2D eigenvalue weighted by Gasteiger charge is 2.28. The van der Waals surface area contributed by atoms with Gasteiger partial charge in [0.15, 0.2) is 6.61 Å². The molecule has 1 aromatic heterocycles. The average Bonchev–Trinajstić information content (AvgIpc) is 2.48. The fourth-order valence-electron chi connectivity index (χ4n) is 1.58. The van der Waals surface area contributed by atoms with E-state index in [2.05, 4.69) is 14.4 Å². The summed E-state index contributed by atoms with van der Waals surface area (Å²) in [4.78, 5) is 3.65. The molecule has 132 valence electrons. The first-order chi connectivity index (χ1) is 10.6. The maximum Gasteiger partial charge on any atom is 0.422 e. The van der Waals surface area contributed by atoms with Crippen molar-refractivity contribution in [2.45, 2.75) is 32.5 Å². The predicted molar refractivity (Wildman–Crippen MR) is 79.1 cm³/mol. The van der Waals surface area contributed by atoms with E-state index in [1.165, 1.54) is 29.7 Å². The van der Waals surface area contributed by atoms with Crippen molar-refractivity contribution in [1.29, 1.82) is 0 Å². The fraction of sp³-hybridized carbons (Fsp3) is 0.615. The van der Waals surface area contributed by atoms with E-state index in [0.717, 1.165) is 12.8 Å². The minimum absolute atomic E-state index is 0.0658. The number of hydrogen-bond donors (Lipinski definition) is 1. The average molecular weight is 355 g/mol. The van der Waals surface area contributed by atoms with Crippen LogP contribution in [0.4, 0.5) is 13.2 Å². The Morgan fingerprint density at radius 3 is 2.70 bits per heavy atom. The zero-order chi connectivity index (χ0) is 17.5. The molecule has 0 spiro atoms. The molecule has 0 bridgehead atoms. The van der Waals surface area contributed by atoms with Gasteiger partial charge in [-0.2, -0.15) is 30.6 Å². The van der Waals surface area contributed by atoms with Crippen molar-refractivity contribution in [3.8, 4) is 5.88 Å². The lowest BCUT2D eigenvalue weighted by Gasteiger charge is -2.17. The van der Waals surface area contributed by atoms with Gasteiger partial charge >= 0.3 is 6.18 Å². The monoisotopic (exact) mass is 355 g/mol. The molecule has 10 heteroatoms. The molecule has 0 aliphatic rings. The van der Waals surface area contributed by atoms with E-state index in [0.29, 0.717) is 12.1 Å². The first-order valence-corrected chi connectivity index (χ1v) is 8.43. The topological polar surface area (TPSA) is 71.5 Å². The highest BCUT2D eigenvalue weighted by atomic mass is 32.2. The zero-order valence-electron chi connectivity index (χ0n) is 12.9. The van der Waals surface area contributed by atoms with Gasteiger partial charge in [0, 0.05) is 32.4 Å². The van der Waals surface area contributed by atoms with Crippen LogP contribution in [0.1, 0.15) is 25.3 Å². The number of pyridine rings is 1. The van der Waals surface area contributed by atoms with Crippen molar-refractivity contribution in [2.75, 3.05) is 20.2 Å². The summed E-state index contributed by atoms with van der Waals surface area (Å²) in [5.74, 6) is -0.210. The Hall–Kier alpha value is -1.39. The van der Waals surface area contributed by atoms with E-state index >= 15 is 0 Å². The van der Waals surface area contributed by atoms with E-state index in [1.54, 1.807) is 0 Å². The molecule has 0 unspecified atom stereocenters. The Labute approximate surface area is 133 Å². The van der Waals surface area contributed by atoms with Crippen LogP contribution in [0.5, 0.6) is 5.88 Å². The Balaban J connectivity index is 2.61. The second-order valence-electron chi connectivity index (χ2n) is 4.91. The third-order valence-electron chi connectivity index (χ3n) is 2.88. The first kappa shape index (κ1) is 19.7. The first-order valence-electron chi connectivity index (χ1n) is 6.99. The second kappa shape index (κ2) is 8.46. The molecule has 23 heavy (non-hydrogen) atoms. The smallest absolute Gasteiger partial charge is 0.422 e. The van der Waals surface area contributed by atoms with Gasteiger partial charge in [0.25, 0.3) is 10.2 Å². The molecule has 1 heterocycles. The Bertz CT molecular complexity index is 594. The molecule has 0 radical (unpaired) electrons. The number of rotatable bonds is 9. The summed E-state index contributed by atoms with van der Waals surface area (Å²) in [5.41, 5.74) is 0.449. The van der Waals surface area contributed by atoms with Crippen LogP contribution in [0, 0.1) is 0 Å². The van der Waals surface area contributed by atoms with Gasteiger partial charge in [-0.25, -0.2) is 4.98 Å². The Morgan fingerprint density at radius 2 is 2.09 bits per heavy atom. The zero-order valence-corrected chi connectivity index (χ0v) is 13.7. The van der Waals surface area contributed by atoms with Gasteiger partial charge in [0.1, 0.15) is 0 Å². The van der Waals surface area contributed by atoms with Gasteiger partial charge < -0.3 is 4.74 Å². The summed E-state index contributed by atoms with van der Waals surface area (Å²) >= 11 is 0. The number of nitrogens with one attached hydrogen (secondary N) is 1. The lowest BCUT2D eigenvalue weighted by molar-refractivity contribution is -0.154. The number of alkyl halides is 3. The number of halogens is 3. The second-order valence-corrected chi connectivity index (χ2v) is 6.77. The van der Waals surface area contributed by atoms with Crippen molar-refractivity contribution in [2.24, 2.45) is 0 Å². The van der Waals surface area contributed by atoms with Crippen LogP contribution in [-0.4, -0.2) is 44.1 Å². The van der Waals surface area contributed by atoms with Crippen LogP contribution in [0.15, 0.2) is 18.3 Å². The number of nitrogens with zero attached hydrogens (tertiary/aromatic N) is 2. The Morgan fingerprint density at radius 1 is 1.39 bits per heavy atom. The molecule has 0 aliphatic heterocycles. The van der Waals surface area contributed by atoms with Crippen molar-refractivity contribution in [1.82, 2.24) is 14.0 Å². The standard InChI is InChI=1S/C13H20F3N3O3S/c1-3-4-7-19(2)23(20,21)18-9-11-5-6-17-12(8-11)22-10-13(14,15)16/h5-6,8,18H,3-4,7,9-10H2,1-2H3. The highest BCUT2D eigenvalue weighted by Crippen LogP contribution is 2.17. The fourth-order valence-corrected chi connectivity index (χ4v) is 2.52. The Kier molecular flexibility index (Phi) is 7.23. The maximum absolute atomic E-state index is 12.1. The van der Waals surface area contributed by atoms with Gasteiger partial charge in [-0.1, -0.05) is 13.3 Å². The molecule has 6 nitrogen and oxygen atoms in total. The van der Waals surface area contributed by atoms with Gasteiger partial charge in [0.2, 0.25) is 5.88 Å². The quantitative estimate of drug-likeness (QED) is 0.736. The molecule has 1 rings (SSSR count). The van der Waals surface area contributed by atoms with Gasteiger partial charge in [-0.05, 0) is 18.1 Å². The number of unbranched alkanes of at least 4 members (excludes halogenated alkanes) is 1. The minimum atomic E-state index is -4.46. The summed E-state index contributed by atoms with van der Waals surface area (Å²) in [5, 5.41) is 0. The summed E-state index contributed by atoms with van der Waals surface area (Å²) in [6, 6.07) is 2.76. The molecule has 0 aromatic carbocycles. The van der Waals surface area contributed by atoms with Crippen molar-refractivity contribution in [3.05, 3.63) is 23.9 Å². The summed E-state index contributed by atoms with van der Waals surface area (Å²) < 4.78 is 68.3. The summed E-state index contributed by atoms with van der Waals surface area (Å²) in [6.45, 7) is 0.827. The van der Waals surface area contributed by atoms with Crippen molar-refractivity contribution in [3.63, 3.8) is 0 Å². The van der Waals surface area contributed by atoms with E-state index in [-0.39, 0.29) is 12.4 Å². The number of aromatic nitrogens is 1. The molecular weight excluding hydrogens is 335 g/mol. The van der Waals surface area contributed by atoms with Crippen LogP contribution in [0.3, 0.4) is 0 Å². The van der Waals surface area contributed by atoms with E-state index in [1.807, 2.05) is 6.92 Å². The summed E-state index contributed by atoms with van der Waals surface area (Å²) in [6.07, 6.45) is -1.59. The van der Waals surface area contributed by atoms with Crippen molar-refractivity contribution >= 4 is 10.2 Å². The van der Waals surface area contributed by atoms with Crippen molar-refractivity contribution < 1.29 is 26.3 Å². The van der Waals surface area contributed by atoms with E-state index in [4.69, 9.17) is 0 Å². The van der Waals surface area contributed by atoms with Gasteiger partial charge in [0.05, 0.1) is 0 Å². The molecule has 0 amide bonds. The summed E-state index contributed by atoms with van der Waals surface area (Å²) in [7, 11) is -2.18. The highest BCUT2D eigenvalue weighted by molar-refractivity contribution is 7.87. The molecule has 1 aromatic rings. The molecule has 0 atom stereocenters. The van der Waals surface area contributed by atoms with Crippen LogP contribution < -0.4 is 9.46 Å². The third-order valence-corrected chi connectivity index (χ3v) is 4.39. The molecule has 0 saturated heterocycles. The normalized spacial score (nSPS) is 12.6. The van der Waals surface area contributed by atoms with Crippen LogP contribution in [0.2, 0.25) is 0 Å². The minimum Gasteiger partial charge on any atom is -0.468 e. The molecular formula is C13H20F3N3O3S.